The molecule has 14 heavy (non-hydrogen) atoms. The molecular formula is C10H14FNOS. The van der Waals surface area contributed by atoms with Gasteiger partial charge in [0.15, 0.2) is 0 Å². The lowest BCUT2D eigenvalue weighted by atomic mass is 10.1. The molecule has 0 heterocycles. The van der Waals surface area contributed by atoms with Gasteiger partial charge in [-0.3, -0.25) is 0 Å². The number of aliphatic hydroxyl groups excluding tert-OH is 1. The summed E-state index contributed by atoms with van der Waals surface area (Å²) in [4.78, 5) is 0.896. The number of aliphatic hydroxyl groups is 1. The lowest BCUT2D eigenvalue weighted by Crippen LogP contribution is -2.07. The van der Waals surface area contributed by atoms with Gasteiger partial charge in [0.25, 0.3) is 0 Å². The van der Waals surface area contributed by atoms with Crippen molar-refractivity contribution in [1.82, 2.24) is 0 Å². The van der Waals surface area contributed by atoms with E-state index in [1.54, 1.807) is 6.07 Å². The summed E-state index contributed by atoms with van der Waals surface area (Å²) in [6.45, 7) is 0.394. The van der Waals surface area contributed by atoms with E-state index in [-0.39, 0.29) is 5.82 Å². The molecule has 78 valence electrons. The monoisotopic (exact) mass is 215 g/mol. The van der Waals surface area contributed by atoms with Crippen molar-refractivity contribution in [2.24, 2.45) is 5.73 Å². The van der Waals surface area contributed by atoms with Crippen LogP contribution in [0.25, 0.3) is 0 Å². The van der Waals surface area contributed by atoms with Crippen molar-refractivity contribution in [3.05, 3.63) is 29.6 Å². The van der Waals surface area contributed by atoms with Gasteiger partial charge in [-0.2, -0.15) is 0 Å². The number of hydrogen-bond acceptors (Lipinski definition) is 3. The molecule has 0 aliphatic carbocycles. The largest absolute Gasteiger partial charge is 0.388 e. The third-order valence-corrected chi connectivity index (χ3v) is 2.80. The molecule has 3 N–H and O–H groups in total. The molecule has 0 amide bonds. The van der Waals surface area contributed by atoms with Crippen LogP contribution in [0, 0.1) is 5.82 Å². The number of rotatable bonds is 4. The van der Waals surface area contributed by atoms with Gasteiger partial charge in [-0.1, -0.05) is 0 Å². The Morgan fingerprint density at radius 1 is 1.57 bits per heavy atom. The Labute approximate surface area is 87.3 Å². The molecular weight excluding hydrogens is 201 g/mol. The summed E-state index contributed by atoms with van der Waals surface area (Å²) in [5.74, 6) is -0.325. The maximum atomic E-state index is 12.9. The van der Waals surface area contributed by atoms with Crippen LogP contribution in [0.15, 0.2) is 23.1 Å². The number of halogens is 1. The first-order valence-electron chi connectivity index (χ1n) is 4.40. The van der Waals surface area contributed by atoms with E-state index in [0.717, 1.165) is 4.90 Å². The van der Waals surface area contributed by atoms with Gasteiger partial charge in [0.05, 0.1) is 6.10 Å². The van der Waals surface area contributed by atoms with Crippen LogP contribution in [-0.4, -0.2) is 17.9 Å². The number of benzene rings is 1. The van der Waals surface area contributed by atoms with Crippen molar-refractivity contribution < 1.29 is 9.50 Å². The Kier molecular flexibility index (Phi) is 4.38. The molecule has 0 fully saturated rings. The topological polar surface area (TPSA) is 46.2 Å². The fourth-order valence-corrected chi connectivity index (χ4v) is 1.91. The van der Waals surface area contributed by atoms with E-state index in [4.69, 9.17) is 5.73 Å². The van der Waals surface area contributed by atoms with E-state index < -0.39 is 6.10 Å². The molecule has 0 radical (unpaired) electrons. The molecule has 1 aromatic carbocycles. The lowest BCUT2D eigenvalue weighted by molar-refractivity contribution is 0.167. The zero-order valence-electron chi connectivity index (χ0n) is 8.03. The van der Waals surface area contributed by atoms with Gasteiger partial charge < -0.3 is 10.8 Å². The van der Waals surface area contributed by atoms with E-state index in [1.165, 1.54) is 23.9 Å². The van der Waals surface area contributed by atoms with Crippen LogP contribution in [0.4, 0.5) is 4.39 Å². The zero-order chi connectivity index (χ0) is 10.6. The summed E-state index contributed by atoms with van der Waals surface area (Å²) in [6.07, 6.45) is 1.68. The predicted octanol–water partition coefficient (Wildman–Crippen LogP) is 1.93. The average Bonchev–Trinajstić information content (AvgIpc) is 2.18. The molecule has 0 saturated heterocycles. The number of hydrogen-bond donors (Lipinski definition) is 2. The SMILES string of the molecule is CSc1ccc(F)cc1C(O)CCN. The molecule has 0 saturated carbocycles. The minimum absolute atomic E-state index is 0.325. The highest BCUT2D eigenvalue weighted by molar-refractivity contribution is 7.98. The van der Waals surface area contributed by atoms with Crippen molar-refractivity contribution in [3.8, 4) is 0 Å². The van der Waals surface area contributed by atoms with Gasteiger partial charge in [-0.05, 0) is 43.0 Å². The zero-order valence-corrected chi connectivity index (χ0v) is 8.85. The van der Waals surface area contributed by atoms with Crippen molar-refractivity contribution in [1.29, 1.82) is 0 Å². The number of thioether (sulfide) groups is 1. The summed E-state index contributed by atoms with van der Waals surface area (Å²) < 4.78 is 12.9. The first-order chi connectivity index (χ1) is 6.69. The van der Waals surface area contributed by atoms with Crippen molar-refractivity contribution in [2.75, 3.05) is 12.8 Å². The van der Waals surface area contributed by atoms with Crippen LogP contribution in [0.3, 0.4) is 0 Å². The highest BCUT2D eigenvalue weighted by Gasteiger charge is 2.12. The number of nitrogens with two attached hydrogens (primary N) is 1. The fourth-order valence-electron chi connectivity index (χ4n) is 1.28. The van der Waals surface area contributed by atoms with E-state index in [0.29, 0.717) is 18.5 Å². The minimum Gasteiger partial charge on any atom is -0.388 e. The summed E-state index contributed by atoms with van der Waals surface area (Å²) >= 11 is 1.49. The van der Waals surface area contributed by atoms with Crippen molar-refractivity contribution in [2.45, 2.75) is 17.4 Å². The molecule has 0 bridgehead atoms. The molecule has 0 spiro atoms. The normalized spacial score (nSPS) is 12.9. The standard InChI is InChI=1S/C10H14FNOS/c1-14-10-3-2-7(11)6-8(10)9(13)4-5-12/h2-3,6,9,13H,4-5,12H2,1H3. The molecule has 2 nitrogen and oxygen atoms in total. The maximum Gasteiger partial charge on any atom is 0.123 e. The third kappa shape index (κ3) is 2.70. The second kappa shape index (κ2) is 5.34. The molecule has 0 aromatic heterocycles. The smallest absolute Gasteiger partial charge is 0.123 e. The Bertz CT molecular complexity index is 306. The van der Waals surface area contributed by atoms with Gasteiger partial charge >= 0.3 is 0 Å². The molecule has 1 unspecified atom stereocenters. The van der Waals surface area contributed by atoms with E-state index in [2.05, 4.69) is 0 Å². The first-order valence-corrected chi connectivity index (χ1v) is 5.63. The Hall–Kier alpha value is -0.580. The average molecular weight is 215 g/mol. The van der Waals surface area contributed by atoms with Crippen LogP contribution in [0.1, 0.15) is 18.1 Å². The van der Waals surface area contributed by atoms with Crippen molar-refractivity contribution in [3.63, 3.8) is 0 Å². The molecule has 1 aromatic rings. The Morgan fingerprint density at radius 2 is 2.29 bits per heavy atom. The van der Waals surface area contributed by atoms with E-state index >= 15 is 0 Å². The van der Waals surface area contributed by atoms with Crippen LogP contribution >= 0.6 is 11.8 Å². The Balaban J connectivity index is 2.97. The highest BCUT2D eigenvalue weighted by Crippen LogP contribution is 2.28. The van der Waals surface area contributed by atoms with Gasteiger partial charge in [0, 0.05) is 4.90 Å². The fraction of sp³-hybridized carbons (Fsp3) is 0.400. The quantitative estimate of drug-likeness (QED) is 0.754. The molecule has 0 aliphatic rings. The van der Waals surface area contributed by atoms with E-state index in [9.17, 15) is 9.50 Å². The first kappa shape index (κ1) is 11.5. The molecule has 1 rings (SSSR count). The summed E-state index contributed by atoms with van der Waals surface area (Å²) in [6, 6.07) is 4.44. The lowest BCUT2D eigenvalue weighted by Gasteiger charge is -2.13. The Morgan fingerprint density at radius 3 is 2.86 bits per heavy atom. The van der Waals surface area contributed by atoms with Crippen molar-refractivity contribution >= 4 is 11.8 Å². The third-order valence-electron chi connectivity index (χ3n) is 1.99. The van der Waals surface area contributed by atoms with Gasteiger partial charge in [0.1, 0.15) is 5.82 Å². The van der Waals surface area contributed by atoms with Crippen LogP contribution in [-0.2, 0) is 0 Å². The molecule has 0 aliphatic heterocycles. The molecule has 4 heteroatoms. The summed E-state index contributed by atoms with van der Waals surface area (Å²) in [5.41, 5.74) is 5.96. The molecule has 1 atom stereocenters. The minimum atomic E-state index is -0.668. The second-order valence-corrected chi connectivity index (χ2v) is 3.83. The van der Waals surface area contributed by atoms with Crippen LogP contribution in [0.5, 0.6) is 0 Å². The second-order valence-electron chi connectivity index (χ2n) is 2.98. The summed E-state index contributed by atoms with van der Waals surface area (Å²) in [5, 5.41) is 9.70. The maximum absolute atomic E-state index is 12.9. The van der Waals surface area contributed by atoms with E-state index in [1.807, 2.05) is 6.26 Å². The highest BCUT2D eigenvalue weighted by atomic mass is 32.2. The van der Waals surface area contributed by atoms with Crippen LogP contribution < -0.4 is 5.73 Å². The van der Waals surface area contributed by atoms with Gasteiger partial charge in [0.2, 0.25) is 0 Å². The van der Waals surface area contributed by atoms with Gasteiger partial charge in [-0.25, -0.2) is 4.39 Å². The predicted molar refractivity (Wildman–Crippen MR) is 56.8 cm³/mol. The van der Waals surface area contributed by atoms with Crippen LogP contribution in [0.2, 0.25) is 0 Å². The van der Waals surface area contributed by atoms with Gasteiger partial charge in [-0.15, -0.1) is 11.8 Å². The summed E-state index contributed by atoms with van der Waals surface area (Å²) in [7, 11) is 0.